The highest BCUT2D eigenvalue weighted by molar-refractivity contribution is 7.88. The maximum Gasteiger partial charge on any atom is 0.211 e. The van der Waals surface area contributed by atoms with Crippen LogP contribution in [-0.2, 0) is 10.0 Å². The fourth-order valence-corrected chi connectivity index (χ4v) is 3.59. The summed E-state index contributed by atoms with van der Waals surface area (Å²) in [5, 5.41) is 0. The van der Waals surface area contributed by atoms with Gasteiger partial charge in [0.25, 0.3) is 0 Å². The summed E-state index contributed by atoms with van der Waals surface area (Å²) in [7, 11) is -3.11. The average Bonchev–Trinajstić information content (AvgIpc) is 2.45. The van der Waals surface area contributed by atoms with Crippen molar-refractivity contribution in [3.05, 3.63) is 24.3 Å². The van der Waals surface area contributed by atoms with Crippen molar-refractivity contribution in [2.24, 2.45) is 11.8 Å². The van der Waals surface area contributed by atoms with E-state index in [0.717, 1.165) is 24.8 Å². The van der Waals surface area contributed by atoms with Gasteiger partial charge in [-0.25, -0.2) is 22.7 Å². The number of aromatic nitrogens is 2. The molecule has 1 saturated heterocycles. The first-order chi connectivity index (χ1) is 9.50. The Balaban J connectivity index is 2.01. The Hall–Kier alpha value is -1.09. The minimum atomic E-state index is -3.11. The fraction of sp³-hybridized carbons (Fsp3) is 0.667. The number of piperidine rings is 1. The molecule has 0 aromatic carbocycles. The molecule has 1 aliphatic rings. The minimum absolute atomic E-state index is 0.0549. The van der Waals surface area contributed by atoms with Gasteiger partial charge >= 0.3 is 0 Å². The van der Waals surface area contributed by atoms with Gasteiger partial charge in [0.05, 0.1) is 6.26 Å². The molecule has 0 amide bonds. The Morgan fingerprint density at radius 1 is 1.50 bits per heavy atom. The van der Waals surface area contributed by atoms with Crippen LogP contribution in [-0.4, -0.2) is 42.0 Å². The van der Waals surface area contributed by atoms with Gasteiger partial charge in [-0.05, 0) is 25.2 Å². The zero-order valence-corrected chi connectivity index (χ0v) is 12.4. The molecule has 8 heteroatoms. The number of hydrazine groups is 1. The lowest BCUT2D eigenvalue weighted by atomic mass is 9.90. The smallest absolute Gasteiger partial charge is 0.211 e. The fourth-order valence-electron chi connectivity index (χ4n) is 2.64. The minimum Gasteiger partial charge on any atom is -0.271 e. The SMILES string of the molecule is CS(=O)(=O)N1CCCC(CC(NN)c2cncnc2)C1. The van der Waals surface area contributed by atoms with Crippen LogP contribution in [0.2, 0.25) is 0 Å². The van der Waals surface area contributed by atoms with E-state index in [4.69, 9.17) is 5.84 Å². The van der Waals surface area contributed by atoms with E-state index < -0.39 is 10.0 Å². The zero-order valence-electron chi connectivity index (χ0n) is 11.6. The van der Waals surface area contributed by atoms with Gasteiger partial charge in [-0.3, -0.25) is 11.3 Å². The molecular formula is C12H21N5O2S. The van der Waals surface area contributed by atoms with E-state index in [1.54, 1.807) is 16.7 Å². The summed E-state index contributed by atoms with van der Waals surface area (Å²) in [5.74, 6) is 5.90. The van der Waals surface area contributed by atoms with E-state index in [-0.39, 0.29) is 6.04 Å². The number of nitrogens with zero attached hydrogens (tertiary/aromatic N) is 3. The molecule has 2 atom stereocenters. The van der Waals surface area contributed by atoms with Crippen LogP contribution in [0.1, 0.15) is 30.9 Å². The van der Waals surface area contributed by atoms with Crippen LogP contribution in [0.3, 0.4) is 0 Å². The summed E-state index contributed by atoms with van der Waals surface area (Å²) in [5.41, 5.74) is 3.69. The Labute approximate surface area is 119 Å². The van der Waals surface area contributed by atoms with Crippen LogP contribution in [0.4, 0.5) is 0 Å². The molecule has 0 aliphatic carbocycles. The molecule has 1 fully saturated rings. The third kappa shape index (κ3) is 3.95. The second-order valence-electron chi connectivity index (χ2n) is 5.26. The van der Waals surface area contributed by atoms with Crippen LogP contribution in [0.15, 0.2) is 18.7 Å². The summed E-state index contributed by atoms with van der Waals surface area (Å²) in [6.45, 7) is 1.18. The second kappa shape index (κ2) is 6.57. The first-order valence-corrected chi connectivity index (χ1v) is 8.51. The molecule has 2 rings (SSSR count). The van der Waals surface area contributed by atoms with E-state index in [9.17, 15) is 8.42 Å². The normalized spacial score (nSPS) is 22.6. The van der Waals surface area contributed by atoms with Crippen LogP contribution in [0.25, 0.3) is 0 Å². The molecule has 7 nitrogen and oxygen atoms in total. The Kier molecular flexibility index (Phi) is 5.03. The molecule has 20 heavy (non-hydrogen) atoms. The van der Waals surface area contributed by atoms with E-state index in [1.807, 2.05) is 0 Å². The number of nitrogens with one attached hydrogen (secondary N) is 1. The van der Waals surface area contributed by atoms with Gasteiger partial charge in [0.15, 0.2) is 0 Å². The molecular weight excluding hydrogens is 278 g/mol. The number of rotatable bonds is 5. The standard InChI is InChI=1S/C12H21N5O2S/c1-20(18,19)17-4-2-3-10(8-17)5-12(16-13)11-6-14-9-15-7-11/h6-7,9-10,12,16H,2-5,8,13H2,1H3. The maximum absolute atomic E-state index is 11.6. The maximum atomic E-state index is 11.6. The van der Waals surface area contributed by atoms with Crippen molar-refractivity contribution < 1.29 is 8.42 Å². The van der Waals surface area contributed by atoms with Gasteiger partial charge in [-0.15, -0.1) is 0 Å². The topological polar surface area (TPSA) is 101 Å². The van der Waals surface area contributed by atoms with Crippen LogP contribution < -0.4 is 11.3 Å². The summed E-state index contributed by atoms with van der Waals surface area (Å²) in [6, 6.07) is -0.0549. The number of nitrogens with two attached hydrogens (primary N) is 1. The van der Waals surface area contributed by atoms with Gasteiger partial charge in [-0.1, -0.05) is 0 Å². The molecule has 112 valence electrons. The van der Waals surface area contributed by atoms with Crippen LogP contribution in [0, 0.1) is 5.92 Å². The lowest BCUT2D eigenvalue weighted by Crippen LogP contribution is -2.41. The predicted molar refractivity (Wildman–Crippen MR) is 75.9 cm³/mol. The van der Waals surface area contributed by atoms with Crippen molar-refractivity contribution >= 4 is 10.0 Å². The average molecular weight is 299 g/mol. The first-order valence-electron chi connectivity index (χ1n) is 6.67. The third-order valence-electron chi connectivity index (χ3n) is 3.70. The lowest BCUT2D eigenvalue weighted by Gasteiger charge is -2.32. The molecule has 0 bridgehead atoms. The molecule has 2 unspecified atom stereocenters. The summed E-state index contributed by atoms with van der Waals surface area (Å²) in [6.07, 6.45) is 8.87. The molecule has 2 heterocycles. The Morgan fingerprint density at radius 2 is 2.20 bits per heavy atom. The monoisotopic (exact) mass is 299 g/mol. The Morgan fingerprint density at radius 3 is 2.80 bits per heavy atom. The molecule has 1 aliphatic heterocycles. The number of hydrogen-bond donors (Lipinski definition) is 2. The predicted octanol–water partition coefficient (Wildman–Crippen LogP) is 0.0427. The highest BCUT2D eigenvalue weighted by Gasteiger charge is 2.27. The van der Waals surface area contributed by atoms with Gasteiger partial charge < -0.3 is 0 Å². The highest BCUT2D eigenvalue weighted by atomic mass is 32.2. The zero-order chi connectivity index (χ0) is 14.6. The van der Waals surface area contributed by atoms with Gasteiger partial charge in [0, 0.05) is 37.1 Å². The molecule has 0 spiro atoms. The van der Waals surface area contributed by atoms with E-state index in [0.29, 0.717) is 19.0 Å². The third-order valence-corrected chi connectivity index (χ3v) is 4.97. The largest absolute Gasteiger partial charge is 0.271 e. The van der Waals surface area contributed by atoms with Crippen molar-refractivity contribution in [3.63, 3.8) is 0 Å². The summed E-state index contributed by atoms with van der Waals surface area (Å²) >= 11 is 0. The van der Waals surface area contributed by atoms with Crippen molar-refractivity contribution in [2.75, 3.05) is 19.3 Å². The van der Waals surface area contributed by atoms with E-state index in [2.05, 4.69) is 15.4 Å². The summed E-state index contributed by atoms with van der Waals surface area (Å²) < 4.78 is 24.8. The van der Waals surface area contributed by atoms with Crippen LogP contribution in [0.5, 0.6) is 0 Å². The second-order valence-corrected chi connectivity index (χ2v) is 7.24. The van der Waals surface area contributed by atoms with Crippen molar-refractivity contribution in [1.82, 2.24) is 19.7 Å². The molecule has 1 aromatic rings. The highest BCUT2D eigenvalue weighted by Crippen LogP contribution is 2.27. The van der Waals surface area contributed by atoms with Crippen molar-refractivity contribution in [3.8, 4) is 0 Å². The van der Waals surface area contributed by atoms with Crippen molar-refractivity contribution in [1.29, 1.82) is 0 Å². The molecule has 3 N–H and O–H groups in total. The molecule has 1 aromatic heterocycles. The number of sulfonamides is 1. The van der Waals surface area contributed by atoms with Gasteiger partial charge in [0.1, 0.15) is 6.33 Å². The molecule has 0 saturated carbocycles. The first kappa shape index (κ1) is 15.3. The van der Waals surface area contributed by atoms with Gasteiger partial charge in [0.2, 0.25) is 10.0 Å². The van der Waals surface area contributed by atoms with Crippen molar-refractivity contribution in [2.45, 2.75) is 25.3 Å². The molecule has 0 radical (unpaired) electrons. The quantitative estimate of drug-likeness (QED) is 0.588. The summed E-state index contributed by atoms with van der Waals surface area (Å²) in [4.78, 5) is 7.98. The Bertz CT molecular complexity index is 522. The number of hydrogen-bond acceptors (Lipinski definition) is 6. The van der Waals surface area contributed by atoms with Crippen LogP contribution >= 0.6 is 0 Å². The lowest BCUT2D eigenvalue weighted by molar-refractivity contribution is 0.238. The van der Waals surface area contributed by atoms with E-state index >= 15 is 0 Å². The van der Waals surface area contributed by atoms with E-state index in [1.165, 1.54) is 12.6 Å². The van der Waals surface area contributed by atoms with Gasteiger partial charge in [-0.2, -0.15) is 0 Å².